The van der Waals surface area contributed by atoms with E-state index in [1.165, 1.54) is 7.11 Å². The highest BCUT2D eigenvalue weighted by molar-refractivity contribution is 5.89. The second kappa shape index (κ2) is 8.35. The summed E-state index contributed by atoms with van der Waals surface area (Å²) in [6, 6.07) is 11.5. The summed E-state index contributed by atoms with van der Waals surface area (Å²) in [5.74, 6) is -0.0642. The molecule has 29 heavy (non-hydrogen) atoms. The molecule has 1 aliphatic rings. The normalized spacial score (nSPS) is 14.7. The molecule has 2 aromatic carbocycles. The van der Waals surface area contributed by atoms with E-state index in [4.69, 9.17) is 14.2 Å². The summed E-state index contributed by atoms with van der Waals surface area (Å²) in [6.07, 6.45) is 1.33. The standard InChI is InChI=1S/C24H24O5/c1-14(2)23(25)28-20-10-8-18-12-16(6-9-19(18)20)17-7-11-21(27-5)22(13-17)29-24(26)15(3)4/h6-7,9,11-13,20H,1,3,8,10H2,2,4-5H3. The van der Waals surface area contributed by atoms with Gasteiger partial charge in [0.2, 0.25) is 0 Å². The van der Waals surface area contributed by atoms with Gasteiger partial charge in [0.1, 0.15) is 6.10 Å². The second-order valence-electron chi connectivity index (χ2n) is 7.16. The Morgan fingerprint density at radius 2 is 1.59 bits per heavy atom. The first-order valence-corrected chi connectivity index (χ1v) is 9.35. The van der Waals surface area contributed by atoms with E-state index in [1.807, 2.05) is 18.2 Å². The number of rotatable bonds is 6. The van der Waals surface area contributed by atoms with Gasteiger partial charge in [-0.3, -0.25) is 0 Å². The number of hydrogen-bond donors (Lipinski definition) is 0. The van der Waals surface area contributed by atoms with E-state index in [2.05, 4.69) is 19.2 Å². The van der Waals surface area contributed by atoms with E-state index in [1.54, 1.807) is 26.0 Å². The molecule has 5 heteroatoms. The van der Waals surface area contributed by atoms with Gasteiger partial charge in [-0.25, -0.2) is 9.59 Å². The summed E-state index contributed by atoms with van der Waals surface area (Å²) in [5, 5.41) is 0. The predicted octanol–water partition coefficient (Wildman–Crippen LogP) is 4.95. The van der Waals surface area contributed by atoms with E-state index in [0.29, 0.717) is 22.6 Å². The van der Waals surface area contributed by atoms with Crippen molar-refractivity contribution in [3.05, 3.63) is 71.8 Å². The summed E-state index contributed by atoms with van der Waals surface area (Å²) in [4.78, 5) is 23.8. The molecule has 150 valence electrons. The maximum atomic E-state index is 11.9. The molecule has 1 atom stereocenters. The quantitative estimate of drug-likeness (QED) is 0.395. The fraction of sp³-hybridized carbons (Fsp3) is 0.250. The molecule has 0 radical (unpaired) electrons. The molecule has 0 bridgehead atoms. The van der Waals surface area contributed by atoms with Crippen molar-refractivity contribution in [2.75, 3.05) is 7.11 Å². The molecule has 0 aromatic heterocycles. The van der Waals surface area contributed by atoms with Gasteiger partial charge in [-0.05, 0) is 61.1 Å². The average molecular weight is 392 g/mol. The van der Waals surface area contributed by atoms with Crippen molar-refractivity contribution in [1.82, 2.24) is 0 Å². The van der Waals surface area contributed by atoms with Crippen molar-refractivity contribution in [2.24, 2.45) is 0 Å². The molecule has 0 fully saturated rings. The van der Waals surface area contributed by atoms with Gasteiger partial charge in [0.15, 0.2) is 11.5 Å². The monoisotopic (exact) mass is 392 g/mol. The summed E-state index contributed by atoms with van der Waals surface area (Å²) in [6.45, 7) is 10.5. The first-order chi connectivity index (χ1) is 13.8. The minimum atomic E-state index is -0.503. The third-order valence-electron chi connectivity index (χ3n) is 4.81. The van der Waals surface area contributed by atoms with Crippen molar-refractivity contribution in [3.8, 4) is 22.6 Å². The van der Waals surface area contributed by atoms with Crippen LogP contribution in [0.2, 0.25) is 0 Å². The van der Waals surface area contributed by atoms with Crippen LogP contribution in [0.15, 0.2) is 60.7 Å². The van der Waals surface area contributed by atoms with Crippen molar-refractivity contribution in [3.63, 3.8) is 0 Å². The number of benzene rings is 2. The molecule has 5 nitrogen and oxygen atoms in total. The fourth-order valence-corrected chi connectivity index (χ4v) is 3.23. The van der Waals surface area contributed by atoms with Crippen molar-refractivity contribution >= 4 is 11.9 Å². The number of methoxy groups -OCH3 is 1. The summed E-state index contributed by atoms with van der Waals surface area (Å²) >= 11 is 0. The van der Waals surface area contributed by atoms with Crippen LogP contribution in [0.4, 0.5) is 0 Å². The Balaban J connectivity index is 1.88. The number of hydrogen-bond acceptors (Lipinski definition) is 5. The fourth-order valence-electron chi connectivity index (χ4n) is 3.23. The van der Waals surface area contributed by atoms with Crippen molar-refractivity contribution in [1.29, 1.82) is 0 Å². The van der Waals surface area contributed by atoms with E-state index >= 15 is 0 Å². The van der Waals surface area contributed by atoms with Gasteiger partial charge in [-0.15, -0.1) is 0 Å². The predicted molar refractivity (Wildman–Crippen MR) is 111 cm³/mol. The first kappa shape index (κ1) is 20.4. The highest BCUT2D eigenvalue weighted by Crippen LogP contribution is 2.38. The minimum absolute atomic E-state index is 0.244. The summed E-state index contributed by atoms with van der Waals surface area (Å²) in [5.41, 5.74) is 4.73. The molecule has 2 aromatic rings. The van der Waals surface area contributed by atoms with Crippen molar-refractivity contribution in [2.45, 2.75) is 32.8 Å². The molecule has 0 N–H and O–H groups in total. The molecule has 3 rings (SSSR count). The summed E-state index contributed by atoms with van der Waals surface area (Å²) in [7, 11) is 1.52. The third kappa shape index (κ3) is 4.40. The molecule has 0 saturated heterocycles. The molecule has 0 amide bonds. The molecule has 0 saturated carbocycles. The van der Waals surface area contributed by atoms with Crippen LogP contribution in [0, 0.1) is 0 Å². The van der Waals surface area contributed by atoms with Gasteiger partial charge in [0, 0.05) is 11.1 Å². The molecular formula is C24H24O5. The molecule has 1 unspecified atom stereocenters. The Morgan fingerprint density at radius 1 is 0.931 bits per heavy atom. The maximum absolute atomic E-state index is 11.9. The molecular weight excluding hydrogens is 368 g/mol. The largest absolute Gasteiger partial charge is 0.493 e. The highest BCUT2D eigenvalue weighted by Gasteiger charge is 2.26. The Labute approximate surface area is 170 Å². The second-order valence-corrected chi connectivity index (χ2v) is 7.16. The van der Waals surface area contributed by atoms with E-state index < -0.39 is 5.97 Å². The van der Waals surface area contributed by atoms with Crippen LogP contribution < -0.4 is 9.47 Å². The van der Waals surface area contributed by atoms with Crippen LogP contribution in [0.3, 0.4) is 0 Å². The molecule has 0 aliphatic heterocycles. The Morgan fingerprint density at radius 3 is 2.24 bits per heavy atom. The van der Waals surface area contributed by atoms with Crippen LogP contribution >= 0.6 is 0 Å². The number of aryl methyl sites for hydroxylation is 1. The van der Waals surface area contributed by atoms with Crippen LogP contribution in [0.1, 0.15) is 37.5 Å². The van der Waals surface area contributed by atoms with Gasteiger partial charge in [0.25, 0.3) is 0 Å². The SMILES string of the molecule is C=C(C)C(=O)Oc1cc(-c2ccc3c(c2)CCC3OC(=O)C(=C)C)ccc1OC. The van der Waals surface area contributed by atoms with Crippen LogP contribution in [-0.4, -0.2) is 19.0 Å². The van der Waals surface area contributed by atoms with Crippen LogP contribution in [-0.2, 0) is 20.7 Å². The van der Waals surface area contributed by atoms with Gasteiger partial charge in [0.05, 0.1) is 7.11 Å². The lowest BCUT2D eigenvalue weighted by atomic mass is 10.00. The third-order valence-corrected chi connectivity index (χ3v) is 4.81. The van der Waals surface area contributed by atoms with Crippen LogP contribution in [0.5, 0.6) is 11.5 Å². The first-order valence-electron chi connectivity index (χ1n) is 9.35. The molecule has 0 spiro atoms. The Kier molecular flexibility index (Phi) is 5.87. The maximum Gasteiger partial charge on any atom is 0.338 e. The zero-order valence-electron chi connectivity index (χ0n) is 16.9. The minimum Gasteiger partial charge on any atom is -0.493 e. The van der Waals surface area contributed by atoms with Gasteiger partial charge in [-0.2, -0.15) is 0 Å². The van der Waals surface area contributed by atoms with E-state index in [0.717, 1.165) is 35.1 Å². The average Bonchev–Trinajstić information content (AvgIpc) is 3.09. The number of carbonyl (C=O) groups excluding carboxylic acids is 2. The highest BCUT2D eigenvalue weighted by atomic mass is 16.6. The lowest BCUT2D eigenvalue weighted by Gasteiger charge is -2.14. The lowest BCUT2D eigenvalue weighted by Crippen LogP contribution is -2.09. The Bertz CT molecular complexity index is 1000. The van der Waals surface area contributed by atoms with Gasteiger partial charge < -0.3 is 14.2 Å². The van der Waals surface area contributed by atoms with E-state index in [-0.39, 0.29) is 12.1 Å². The lowest BCUT2D eigenvalue weighted by molar-refractivity contribution is -0.144. The number of esters is 2. The number of carbonyl (C=O) groups is 2. The zero-order valence-corrected chi connectivity index (χ0v) is 16.9. The summed E-state index contributed by atoms with van der Waals surface area (Å²) < 4.78 is 16.2. The topological polar surface area (TPSA) is 61.8 Å². The van der Waals surface area contributed by atoms with E-state index in [9.17, 15) is 9.59 Å². The zero-order chi connectivity index (χ0) is 21.1. The number of fused-ring (bicyclic) bond motifs is 1. The molecule has 1 aliphatic carbocycles. The Hall–Kier alpha value is -3.34. The number of ether oxygens (including phenoxy) is 3. The molecule has 0 heterocycles. The smallest absolute Gasteiger partial charge is 0.338 e. The van der Waals surface area contributed by atoms with Gasteiger partial charge >= 0.3 is 11.9 Å². The van der Waals surface area contributed by atoms with Gasteiger partial charge in [-0.1, -0.05) is 37.4 Å². The van der Waals surface area contributed by atoms with Crippen LogP contribution in [0.25, 0.3) is 11.1 Å². The van der Waals surface area contributed by atoms with Crippen molar-refractivity contribution < 1.29 is 23.8 Å².